The third-order valence-corrected chi connectivity index (χ3v) is 7.94. The van der Waals surface area contributed by atoms with E-state index in [0.717, 1.165) is 68.8 Å². The zero-order valence-electron chi connectivity index (χ0n) is 19.7. The van der Waals surface area contributed by atoms with E-state index in [1.807, 2.05) is 36.1 Å². The summed E-state index contributed by atoms with van der Waals surface area (Å²) >= 11 is 18.9. The van der Waals surface area contributed by atoms with E-state index in [1.54, 1.807) is 13.2 Å². The van der Waals surface area contributed by atoms with Crippen molar-refractivity contribution in [3.63, 3.8) is 0 Å². The van der Waals surface area contributed by atoms with Crippen LogP contribution in [-0.2, 0) is 9.53 Å². The maximum atomic E-state index is 13.0. The average Bonchev–Trinajstić information content (AvgIpc) is 2.85. The molecule has 0 bridgehead atoms. The van der Waals surface area contributed by atoms with E-state index < -0.39 is 0 Å². The zero-order valence-corrected chi connectivity index (χ0v) is 22.0. The van der Waals surface area contributed by atoms with E-state index in [4.69, 9.17) is 39.5 Å². The first-order chi connectivity index (χ1) is 16.4. The Morgan fingerprint density at radius 2 is 1.68 bits per heavy atom. The molecule has 2 aliphatic rings. The minimum Gasteiger partial charge on any atom is -0.381 e. The third kappa shape index (κ3) is 5.93. The van der Waals surface area contributed by atoms with Crippen LogP contribution in [0.5, 0.6) is 0 Å². The topological polar surface area (TPSA) is 44.8 Å². The number of amides is 1. The quantitative estimate of drug-likeness (QED) is 0.458. The van der Waals surface area contributed by atoms with Gasteiger partial charge in [0, 0.05) is 54.9 Å². The fourth-order valence-corrected chi connectivity index (χ4v) is 5.68. The number of hydrogen-bond acceptors (Lipinski definition) is 4. The minimum absolute atomic E-state index is 0.0388. The Bertz CT molecular complexity index is 1000. The van der Waals surface area contributed by atoms with Crippen molar-refractivity contribution in [2.45, 2.75) is 44.8 Å². The van der Waals surface area contributed by atoms with Crippen molar-refractivity contribution in [1.82, 2.24) is 4.90 Å². The van der Waals surface area contributed by atoms with Gasteiger partial charge in [0.05, 0.1) is 22.9 Å². The molecule has 184 valence electrons. The molecular formula is C26H32Cl3N3O2. The van der Waals surface area contributed by atoms with Crippen LogP contribution in [0.15, 0.2) is 36.4 Å². The molecule has 2 aromatic rings. The number of nitrogens with one attached hydrogen (secondary N) is 1. The summed E-state index contributed by atoms with van der Waals surface area (Å²) in [4.78, 5) is 17.4. The SMILES string of the molecule is COC1CCN(C(=O)C2CCN(c3ccc(Cl)c(NC(C)c4ccc(Cl)cc4Cl)c3)CC2)CC1. The fraction of sp³-hybridized carbons (Fsp3) is 0.500. The van der Waals surface area contributed by atoms with Gasteiger partial charge in [-0.3, -0.25) is 4.79 Å². The number of halogens is 3. The standard InChI is InChI=1S/C26H32Cl3N3O2/c1-17(22-5-3-19(27)15-24(22)29)30-25-16-20(4-6-23(25)28)31-11-7-18(8-12-31)26(33)32-13-9-21(34-2)10-14-32/h3-6,15-18,21,30H,7-14H2,1-2H3. The van der Waals surface area contributed by atoms with Crippen molar-refractivity contribution >= 4 is 52.1 Å². The first-order valence-corrected chi connectivity index (χ1v) is 13.1. The molecule has 1 atom stereocenters. The molecule has 1 N–H and O–H groups in total. The summed E-state index contributed by atoms with van der Waals surface area (Å²) in [5.41, 5.74) is 2.92. The highest BCUT2D eigenvalue weighted by atomic mass is 35.5. The first-order valence-electron chi connectivity index (χ1n) is 11.9. The van der Waals surface area contributed by atoms with E-state index in [0.29, 0.717) is 21.0 Å². The minimum atomic E-state index is -0.0388. The number of rotatable bonds is 6. The lowest BCUT2D eigenvalue weighted by atomic mass is 9.93. The molecule has 8 heteroatoms. The van der Waals surface area contributed by atoms with E-state index in [-0.39, 0.29) is 18.1 Å². The summed E-state index contributed by atoms with van der Waals surface area (Å²) in [7, 11) is 1.75. The van der Waals surface area contributed by atoms with Crippen LogP contribution in [0, 0.1) is 5.92 Å². The summed E-state index contributed by atoms with van der Waals surface area (Å²) in [6, 6.07) is 11.5. The Balaban J connectivity index is 1.36. The summed E-state index contributed by atoms with van der Waals surface area (Å²) in [6.45, 7) is 5.36. The van der Waals surface area contributed by atoms with Crippen molar-refractivity contribution in [2.24, 2.45) is 5.92 Å². The van der Waals surface area contributed by atoms with E-state index in [2.05, 4.69) is 16.3 Å². The Labute approximate surface area is 217 Å². The number of hydrogen-bond donors (Lipinski definition) is 1. The number of methoxy groups -OCH3 is 1. The van der Waals surface area contributed by atoms with Crippen molar-refractivity contribution in [2.75, 3.05) is 43.5 Å². The number of ether oxygens (including phenoxy) is 1. The number of piperidine rings is 2. The highest BCUT2D eigenvalue weighted by Crippen LogP contribution is 2.34. The largest absolute Gasteiger partial charge is 0.381 e. The Morgan fingerprint density at radius 3 is 2.32 bits per heavy atom. The lowest BCUT2D eigenvalue weighted by Gasteiger charge is -2.38. The maximum absolute atomic E-state index is 13.0. The third-order valence-electron chi connectivity index (χ3n) is 7.05. The van der Waals surface area contributed by atoms with Gasteiger partial charge in [-0.2, -0.15) is 0 Å². The summed E-state index contributed by atoms with van der Waals surface area (Å²) in [6.07, 6.45) is 3.89. The number of carbonyl (C=O) groups excluding carboxylic acids is 1. The number of benzene rings is 2. The molecule has 0 radical (unpaired) electrons. The number of nitrogens with zero attached hydrogens (tertiary/aromatic N) is 2. The van der Waals surface area contributed by atoms with Gasteiger partial charge in [-0.05, 0) is 68.5 Å². The van der Waals surface area contributed by atoms with Crippen LogP contribution >= 0.6 is 34.8 Å². The molecule has 4 rings (SSSR count). The number of likely N-dealkylation sites (tertiary alicyclic amines) is 1. The van der Waals surface area contributed by atoms with Gasteiger partial charge in [0.2, 0.25) is 5.91 Å². The Kier molecular flexibility index (Phi) is 8.52. The zero-order chi connectivity index (χ0) is 24.2. The molecule has 2 aromatic carbocycles. The fourth-order valence-electron chi connectivity index (χ4n) is 4.94. The van der Waals surface area contributed by atoms with Gasteiger partial charge in [0.25, 0.3) is 0 Å². The molecule has 2 aliphatic heterocycles. The van der Waals surface area contributed by atoms with Crippen molar-refractivity contribution in [3.05, 3.63) is 57.0 Å². The second-order valence-corrected chi connectivity index (χ2v) is 10.5. The second-order valence-electron chi connectivity index (χ2n) is 9.22. The first kappa shape index (κ1) is 25.4. The van der Waals surface area contributed by atoms with Crippen LogP contribution in [0.4, 0.5) is 11.4 Å². The van der Waals surface area contributed by atoms with E-state index in [1.165, 1.54) is 0 Å². The van der Waals surface area contributed by atoms with Crippen molar-refractivity contribution in [3.8, 4) is 0 Å². The monoisotopic (exact) mass is 523 g/mol. The van der Waals surface area contributed by atoms with Gasteiger partial charge in [-0.1, -0.05) is 40.9 Å². The highest BCUT2D eigenvalue weighted by molar-refractivity contribution is 6.35. The predicted octanol–water partition coefficient (Wildman–Crippen LogP) is 6.67. The second kappa shape index (κ2) is 11.4. The van der Waals surface area contributed by atoms with Crippen LogP contribution in [0.25, 0.3) is 0 Å². The van der Waals surface area contributed by atoms with Crippen LogP contribution in [0.3, 0.4) is 0 Å². The van der Waals surface area contributed by atoms with E-state index in [9.17, 15) is 4.79 Å². The molecule has 2 fully saturated rings. The molecule has 2 saturated heterocycles. The molecule has 5 nitrogen and oxygen atoms in total. The van der Waals surface area contributed by atoms with Crippen LogP contribution in [-0.4, -0.2) is 50.2 Å². The highest BCUT2D eigenvalue weighted by Gasteiger charge is 2.31. The molecule has 0 aliphatic carbocycles. The molecule has 1 amide bonds. The maximum Gasteiger partial charge on any atom is 0.225 e. The van der Waals surface area contributed by atoms with Gasteiger partial charge in [0.1, 0.15) is 0 Å². The van der Waals surface area contributed by atoms with Crippen LogP contribution in [0.1, 0.15) is 44.2 Å². The van der Waals surface area contributed by atoms with Crippen LogP contribution < -0.4 is 10.2 Å². The van der Waals surface area contributed by atoms with Crippen LogP contribution in [0.2, 0.25) is 15.1 Å². The van der Waals surface area contributed by atoms with Gasteiger partial charge in [-0.25, -0.2) is 0 Å². The molecule has 1 unspecified atom stereocenters. The molecule has 0 saturated carbocycles. The molecular weight excluding hydrogens is 493 g/mol. The molecule has 0 spiro atoms. The molecule has 34 heavy (non-hydrogen) atoms. The smallest absolute Gasteiger partial charge is 0.225 e. The van der Waals surface area contributed by atoms with E-state index >= 15 is 0 Å². The Morgan fingerprint density at radius 1 is 0.971 bits per heavy atom. The average molecular weight is 525 g/mol. The van der Waals surface area contributed by atoms with Gasteiger partial charge >= 0.3 is 0 Å². The molecule has 0 aromatic heterocycles. The van der Waals surface area contributed by atoms with Crippen molar-refractivity contribution in [1.29, 1.82) is 0 Å². The lowest BCUT2D eigenvalue weighted by molar-refractivity contribution is -0.138. The number of carbonyl (C=O) groups is 1. The summed E-state index contributed by atoms with van der Waals surface area (Å²) in [5.74, 6) is 0.411. The van der Waals surface area contributed by atoms with Gasteiger partial charge < -0.3 is 19.9 Å². The van der Waals surface area contributed by atoms with Gasteiger partial charge in [-0.15, -0.1) is 0 Å². The normalized spacial score (nSPS) is 18.7. The summed E-state index contributed by atoms with van der Waals surface area (Å²) in [5, 5.41) is 5.38. The summed E-state index contributed by atoms with van der Waals surface area (Å²) < 4.78 is 5.43. The number of anilines is 2. The predicted molar refractivity (Wildman–Crippen MR) is 141 cm³/mol. The Hall–Kier alpha value is -1.66. The van der Waals surface area contributed by atoms with Gasteiger partial charge in [0.15, 0.2) is 0 Å². The lowest BCUT2D eigenvalue weighted by Crippen LogP contribution is -2.46. The van der Waals surface area contributed by atoms with Crippen molar-refractivity contribution < 1.29 is 9.53 Å². The molecule has 2 heterocycles.